The molecule has 0 atom stereocenters. The summed E-state index contributed by atoms with van der Waals surface area (Å²) in [5, 5.41) is 0. The maximum absolute atomic E-state index is 5.85. The van der Waals surface area contributed by atoms with E-state index >= 15 is 0 Å². The Bertz CT molecular complexity index is 386. The molecule has 0 aliphatic carbocycles. The smallest absolute Gasteiger partial charge is 0.205 e. The first-order valence-corrected chi connectivity index (χ1v) is 5.83. The van der Waals surface area contributed by atoms with E-state index in [1.165, 1.54) is 0 Å². The molecule has 0 aliphatic heterocycles. The molecule has 2 heteroatoms. The average molecular weight is 234 g/mol. The number of ether oxygens (including phenoxy) is 2. The summed E-state index contributed by atoms with van der Waals surface area (Å²) in [6.45, 7) is 13.6. The van der Waals surface area contributed by atoms with Crippen molar-refractivity contribution in [2.75, 3.05) is 0 Å². The number of hydrogen-bond donors (Lipinski definition) is 0. The molecule has 2 nitrogen and oxygen atoms in total. The van der Waals surface area contributed by atoms with Gasteiger partial charge >= 0.3 is 0 Å². The highest BCUT2D eigenvalue weighted by Crippen LogP contribution is 2.25. The van der Waals surface area contributed by atoms with Gasteiger partial charge in [0.1, 0.15) is 5.75 Å². The fraction of sp³-hybridized carbons (Fsp3) is 0.467. The van der Waals surface area contributed by atoms with Crippen LogP contribution in [0.2, 0.25) is 0 Å². The summed E-state index contributed by atoms with van der Waals surface area (Å²) in [6.07, 6.45) is 1.80. The zero-order chi connectivity index (χ0) is 13.1. The third-order valence-electron chi connectivity index (χ3n) is 2.01. The first-order chi connectivity index (χ1) is 7.72. The third kappa shape index (κ3) is 5.05. The molecule has 0 saturated heterocycles. The van der Waals surface area contributed by atoms with Crippen LogP contribution in [0.4, 0.5) is 0 Å². The molecular weight excluding hydrogens is 212 g/mol. The van der Waals surface area contributed by atoms with Gasteiger partial charge in [0.15, 0.2) is 0 Å². The molecule has 0 bridgehead atoms. The van der Waals surface area contributed by atoms with Crippen molar-refractivity contribution in [2.24, 2.45) is 0 Å². The SMILES string of the molecule is C=Cc1cccc(OC(C)(C)OC(C)(C)C)c1. The van der Waals surface area contributed by atoms with Crippen LogP contribution >= 0.6 is 0 Å². The van der Waals surface area contributed by atoms with Gasteiger partial charge in [-0.15, -0.1) is 0 Å². The molecular formula is C15H22O2. The number of rotatable bonds is 4. The van der Waals surface area contributed by atoms with Gasteiger partial charge in [0.2, 0.25) is 5.79 Å². The summed E-state index contributed by atoms with van der Waals surface area (Å²) in [5.74, 6) is 0.134. The van der Waals surface area contributed by atoms with E-state index in [1.54, 1.807) is 6.08 Å². The Morgan fingerprint density at radius 3 is 2.29 bits per heavy atom. The lowest BCUT2D eigenvalue weighted by Gasteiger charge is -2.33. The fourth-order valence-corrected chi connectivity index (χ4v) is 1.75. The normalized spacial score (nSPS) is 12.3. The van der Waals surface area contributed by atoms with Crippen LogP contribution in [-0.2, 0) is 4.74 Å². The largest absolute Gasteiger partial charge is 0.463 e. The van der Waals surface area contributed by atoms with E-state index in [4.69, 9.17) is 9.47 Å². The minimum atomic E-state index is -0.655. The molecule has 0 heterocycles. The van der Waals surface area contributed by atoms with Gasteiger partial charge in [-0.05, 0) is 38.5 Å². The summed E-state index contributed by atoms with van der Waals surface area (Å²) in [4.78, 5) is 0. The molecule has 1 rings (SSSR count). The van der Waals surface area contributed by atoms with Gasteiger partial charge in [-0.3, -0.25) is 0 Å². The van der Waals surface area contributed by atoms with Crippen LogP contribution in [0, 0.1) is 0 Å². The molecule has 0 fully saturated rings. The van der Waals surface area contributed by atoms with Gasteiger partial charge in [0, 0.05) is 13.8 Å². The van der Waals surface area contributed by atoms with Crippen LogP contribution in [-0.4, -0.2) is 11.4 Å². The van der Waals surface area contributed by atoms with Crippen LogP contribution in [0.25, 0.3) is 6.08 Å². The van der Waals surface area contributed by atoms with Gasteiger partial charge in [0.05, 0.1) is 5.60 Å². The lowest BCUT2D eigenvalue weighted by Crippen LogP contribution is -2.39. The van der Waals surface area contributed by atoms with Crippen LogP contribution in [0.1, 0.15) is 40.2 Å². The van der Waals surface area contributed by atoms with E-state index in [0.29, 0.717) is 0 Å². The van der Waals surface area contributed by atoms with Crippen molar-refractivity contribution in [3.63, 3.8) is 0 Å². The topological polar surface area (TPSA) is 18.5 Å². The lowest BCUT2D eigenvalue weighted by molar-refractivity contribution is -0.213. The summed E-state index contributed by atoms with van der Waals surface area (Å²) < 4.78 is 11.7. The maximum atomic E-state index is 5.85. The summed E-state index contributed by atoms with van der Waals surface area (Å²) in [7, 11) is 0. The fourth-order valence-electron chi connectivity index (χ4n) is 1.75. The second kappa shape index (κ2) is 4.92. The predicted octanol–water partition coefficient (Wildman–Crippen LogP) is 4.26. The molecule has 0 unspecified atom stereocenters. The highest BCUT2D eigenvalue weighted by atomic mass is 16.7. The molecule has 0 saturated carbocycles. The second-order valence-electron chi connectivity index (χ2n) is 5.49. The maximum Gasteiger partial charge on any atom is 0.205 e. The van der Waals surface area contributed by atoms with Gasteiger partial charge in [-0.1, -0.05) is 24.8 Å². The Balaban J connectivity index is 2.78. The van der Waals surface area contributed by atoms with E-state index < -0.39 is 5.79 Å². The third-order valence-corrected chi connectivity index (χ3v) is 2.01. The summed E-state index contributed by atoms with van der Waals surface area (Å²) in [6, 6.07) is 7.79. The van der Waals surface area contributed by atoms with Crippen LogP contribution < -0.4 is 4.74 Å². The van der Waals surface area contributed by atoms with Crippen molar-refractivity contribution in [3.8, 4) is 5.75 Å². The Morgan fingerprint density at radius 1 is 1.12 bits per heavy atom. The van der Waals surface area contributed by atoms with E-state index in [1.807, 2.05) is 58.9 Å². The molecule has 0 spiro atoms. The summed E-state index contributed by atoms with van der Waals surface area (Å²) in [5.41, 5.74) is 0.800. The standard InChI is InChI=1S/C15H22O2/c1-7-12-9-8-10-13(11-12)16-15(5,6)17-14(2,3)4/h7-11H,1H2,2-6H3. The van der Waals surface area contributed by atoms with E-state index in [2.05, 4.69) is 6.58 Å². The number of hydrogen-bond acceptors (Lipinski definition) is 2. The molecule has 17 heavy (non-hydrogen) atoms. The van der Waals surface area contributed by atoms with Gasteiger partial charge < -0.3 is 9.47 Å². The molecule has 1 aromatic carbocycles. The van der Waals surface area contributed by atoms with Crippen molar-refractivity contribution < 1.29 is 9.47 Å². The zero-order valence-electron chi connectivity index (χ0n) is 11.4. The minimum absolute atomic E-state index is 0.237. The van der Waals surface area contributed by atoms with Crippen molar-refractivity contribution in [1.29, 1.82) is 0 Å². The highest BCUT2D eigenvalue weighted by molar-refractivity contribution is 5.49. The van der Waals surface area contributed by atoms with Gasteiger partial charge in [0.25, 0.3) is 0 Å². The molecule has 0 amide bonds. The molecule has 0 N–H and O–H groups in total. The van der Waals surface area contributed by atoms with Gasteiger partial charge in [-0.2, -0.15) is 0 Å². The Morgan fingerprint density at radius 2 is 1.76 bits per heavy atom. The lowest BCUT2D eigenvalue weighted by atomic mass is 10.1. The molecule has 0 aromatic heterocycles. The predicted molar refractivity (Wildman–Crippen MR) is 72.1 cm³/mol. The van der Waals surface area contributed by atoms with Crippen molar-refractivity contribution in [2.45, 2.75) is 46.0 Å². The van der Waals surface area contributed by atoms with E-state index in [-0.39, 0.29) is 5.60 Å². The van der Waals surface area contributed by atoms with Crippen LogP contribution in [0.3, 0.4) is 0 Å². The highest BCUT2D eigenvalue weighted by Gasteiger charge is 2.27. The van der Waals surface area contributed by atoms with E-state index in [0.717, 1.165) is 11.3 Å². The Kier molecular flexibility index (Phi) is 3.99. The minimum Gasteiger partial charge on any atom is -0.463 e. The first-order valence-electron chi connectivity index (χ1n) is 5.83. The Hall–Kier alpha value is -1.28. The van der Waals surface area contributed by atoms with Crippen molar-refractivity contribution >= 4 is 6.08 Å². The van der Waals surface area contributed by atoms with Crippen molar-refractivity contribution in [1.82, 2.24) is 0 Å². The van der Waals surface area contributed by atoms with Crippen molar-refractivity contribution in [3.05, 3.63) is 36.4 Å². The average Bonchev–Trinajstić information content (AvgIpc) is 2.13. The van der Waals surface area contributed by atoms with Gasteiger partial charge in [-0.25, -0.2) is 0 Å². The molecule has 94 valence electrons. The first kappa shape index (κ1) is 13.8. The number of benzene rings is 1. The Labute approximate surface area is 104 Å². The van der Waals surface area contributed by atoms with E-state index in [9.17, 15) is 0 Å². The monoisotopic (exact) mass is 234 g/mol. The molecule has 0 aliphatic rings. The zero-order valence-corrected chi connectivity index (χ0v) is 11.4. The quantitative estimate of drug-likeness (QED) is 0.725. The van der Waals surface area contributed by atoms with Crippen LogP contribution in [0.15, 0.2) is 30.8 Å². The molecule has 0 radical (unpaired) electrons. The summed E-state index contributed by atoms with van der Waals surface area (Å²) >= 11 is 0. The molecule has 1 aromatic rings. The van der Waals surface area contributed by atoms with Crippen LogP contribution in [0.5, 0.6) is 5.75 Å². The second-order valence-corrected chi connectivity index (χ2v) is 5.49.